The van der Waals surface area contributed by atoms with E-state index in [0.29, 0.717) is 12.3 Å². The van der Waals surface area contributed by atoms with E-state index < -0.39 is 4.92 Å². The highest BCUT2D eigenvalue weighted by Gasteiger charge is 2.30. The summed E-state index contributed by atoms with van der Waals surface area (Å²) in [6, 6.07) is 3.03. The molecule has 1 amide bonds. The molecule has 0 aliphatic carbocycles. The number of methoxy groups -OCH3 is 1. The molecule has 1 fully saturated rings. The van der Waals surface area contributed by atoms with Crippen molar-refractivity contribution < 1.29 is 14.5 Å². The van der Waals surface area contributed by atoms with E-state index >= 15 is 0 Å². The predicted octanol–water partition coefficient (Wildman–Crippen LogP) is 3.34. The lowest BCUT2D eigenvalue weighted by Gasteiger charge is -2.33. The summed E-state index contributed by atoms with van der Waals surface area (Å²) >= 11 is 1.40. The zero-order valence-electron chi connectivity index (χ0n) is 13.0. The Bertz CT molecular complexity index is 591. The van der Waals surface area contributed by atoms with Gasteiger partial charge in [0.25, 0.3) is 11.6 Å². The minimum Gasteiger partial charge on any atom is -0.495 e. The van der Waals surface area contributed by atoms with Crippen molar-refractivity contribution in [3.63, 3.8) is 0 Å². The molecule has 1 aliphatic rings. The Hall–Kier alpha value is -1.76. The molecular weight excluding hydrogens is 304 g/mol. The topological polar surface area (TPSA) is 72.7 Å². The summed E-state index contributed by atoms with van der Waals surface area (Å²) in [4.78, 5) is 26.0. The number of carbonyl (C=O) groups excluding carboxylic acids is 1. The Morgan fingerprint density at radius 3 is 2.73 bits per heavy atom. The van der Waals surface area contributed by atoms with Crippen LogP contribution in [0.25, 0.3) is 0 Å². The first-order valence-corrected chi connectivity index (χ1v) is 8.43. The maximum atomic E-state index is 12.8. The van der Waals surface area contributed by atoms with Crippen LogP contribution in [0.4, 0.5) is 5.69 Å². The molecule has 0 spiro atoms. The van der Waals surface area contributed by atoms with Crippen LogP contribution >= 0.6 is 11.8 Å². The molecule has 2 rings (SSSR count). The van der Waals surface area contributed by atoms with Gasteiger partial charge in [-0.05, 0) is 38.5 Å². The largest absolute Gasteiger partial charge is 0.495 e. The summed E-state index contributed by atoms with van der Waals surface area (Å²) in [6.45, 7) is 2.64. The van der Waals surface area contributed by atoms with Crippen molar-refractivity contribution in [1.29, 1.82) is 0 Å². The Morgan fingerprint density at radius 2 is 2.18 bits per heavy atom. The second-order valence-electron chi connectivity index (χ2n) is 5.32. The van der Waals surface area contributed by atoms with E-state index in [4.69, 9.17) is 4.74 Å². The van der Waals surface area contributed by atoms with Crippen LogP contribution in [-0.2, 0) is 0 Å². The standard InChI is InChI=1S/C15H20N2O4S/c1-10-6-4-5-7-16(10)15(18)11-8-14(22-3)13(21-2)9-12(11)17(19)20/h8-10H,4-7H2,1-3H3/t10-/m1/s1. The number of nitro groups is 1. The summed E-state index contributed by atoms with van der Waals surface area (Å²) in [7, 11) is 1.47. The van der Waals surface area contributed by atoms with E-state index in [1.54, 1.807) is 11.0 Å². The number of likely N-dealkylation sites (tertiary alicyclic amines) is 1. The van der Waals surface area contributed by atoms with Crippen LogP contribution in [0.1, 0.15) is 36.5 Å². The number of hydrogen-bond acceptors (Lipinski definition) is 5. The van der Waals surface area contributed by atoms with Crippen LogP contribution < -0.4 is 4.74 Å². The maximum Gasteiger partial charge on any atom is 0.285 e. The van der Waals surface area contributed by atoms with Crippen molar-refractivity contribution in [2.45, 2.75) is 37.1 Å². The minimum atomic E-state index is -0.519. The molecule has 0 saturated carbocycles. The highest BCUT2D eigenvalue weighted by molar-refractivity contribution is 7.98. The lowest BCUT2D eigenvalue weighted by molar-refractivity contribution is -0.385. The van der Waals surface area contributed by atoms with Crippen LogP contribution in [0.3, 0.4) is 0 Å². The average molecular weight is 324 g/mol. The quantitative estimate of drug-likeness (QED) is 0.482. The fourth-order valence-electron chi connectivity index (χ4n) is 2.75. The number of amides is 1. The third kappa shape index (κ3) is 3.19. The van der Waals surface area contributed by atoms with Crippen LogP contribution in [0.15, 0.2) is 17.0 Å². The van der Waals surface area contributed by atoms with E-state index in [2.05, 4.69) is 0 Å². The molecule has 120 valence electrons. The first-order valence-electron chi connectivity index (χ1n) is 7.21. The first-order chi connectivity index (χ1) is 10.5. The molecule has 1 atom stereocenters. The second-order valence-corrected chi connectivity index (χ2v) is 6.17. The highest BCUT2D eigenvalue weighted by Crippen LogP contribution is 2.35. The monoisotopic (exact) mass is 324 g/mol. The molecule has 22 heavy (non-hydrogen) atoms. The van der Waals surface area contributed by atoms with Gasteiger partial charge in [0.15, 0.2) is 0 Å². The van der Waals surface area contributed by atoms with Crippen LogP contribution in [0.2, 0.25) is 0 Å². The number of benzene rings is 1. The molecule has 1 heterocycles. The Morgan fingerprint density at radius 1 is 1.45 bits per heavy atom. The van der Waals surface area contributed by atoms with Gasteiger partial charge in [-0.1, -0.05) is 0 Å². The summed E-state index contributed by atoms with van der Waals surface area (Å²) in [5, 5.41) is 11.3. The lowest BCUT2D eigenvalue weighted by atomic mass is 10.0. The van der Waals surface area contributed by atoms with Gasteiger partial charge in [-0.25, -0.2) is 0 Å². The highest BCUT2D eigenvalue weighted by atomic mass is 32.2. The molecule has 7 heteroatoms. The van der Waals surface area contributed by atoms with Gasteiger partial charge in [0.1, 0.15) is 11.3 Å². The van der Waals surface area contributed by atoms with Crippen LogP contribution in [-0.4, -0.2) is 41.7 Å². The molecule has 0 N–H and O–H groups in total. The number of piperidine rings is 1. The summed E-state index contributed by atoms with van der Waals surface area (Å²) in [5.41, 5.74) is -0.0543. The number of rotatable bonds is 4. The molecule has 0 bridgehead atoms. The molecule has 1 saturated heterocycles. The van der Waals surface area contributed by atoms with Crippen LogP contribution in [0.5, 0.6) is 5.75 Å². The fourth-order valence-corrected chi connectivity index (χ4v) is 3.32. The van der Waals surface area contributed by atoms with E-state index in [1.807, 2.05) is 13.2 Å². The predicted molar refractivity (Wildman–Crippen MR) is 85.8 cm³/mol. The second kappa shape index (κ2) is 7.00. The average Bonchev–Trinajstić information content (AvgIpc) is 2.53. The molecule has 1 aliphatic heterocycles. The van der Waals surface area contributed by atoms with E-state index in [9.17, 15) is 14.9 Å². The number of hydrogen-bond donors (Lipinski definition) is 0. The molecule has 0 radical (unpaired) electrons. The lowest BCUT2D eigenvalue weighted by Crippen LogP contribution is -2.42. The third-order valence-electron chi connectivity index (χ3n) is 3.99. The normalized spacial score (nSPS) is 18.1. The summed E-state index contributed by atoms with van der Waals surface area (Å²) < 4.78 is 5.18. The zero-order chi connectivity index (χ0) is 16.3. The molecule has 1 aromatic rings. The third-order valence-corrected chi connectivity index (χ3v) is 4.75. The van der Waals surface area contributed by atoms with Gasteiger partial charge >= 0.3 is 0 Å². The summed E-state index contributed by atoms with van der Waals surface area (Å²) in [6.07, 6.45) is 4.81. The van der Waals surface area contributed by atoms with Crippen molar-refractivity contribution in [3.8, 4) is 5.75 Å². The number of thioether (sulfide) groups is 1. The van der Waals surface area contributed by atoms with Crippen molar-refractivity contribution in [3.05, 3.63) is 27.8 Å². The van der Waals surface area contributed by atoms with Gasteiger partial charge < -0.3 is 9.64 Å². The zero-order valence-corrected chi connectivity index (χ0v) is 13.8. The van der Waals surface area contributed by atoms with Gasteiger partial charge in [0.2, 0.25) is 0 Å². The van der Waals surface area contributed by atoms with Crippen molar-refractivity contribution in [2.24, 2.45) is 0 Å². The van der Waals surface area contributed by atoms with Crippen molar-refractivity contribution in [1.82, 2.24) is 4.90 Å². The number of nitrogens with zero attached hydrogens (tertiary/aromatic N) is 2. The Balaban J connectivity index is 2.47. The number of nitro benzene ring substituents is 1. The molecule has 0 aromatic heterocycles. The maximum absolute atomic E-state index is 12.8. The van der Waals surface area contributed by atoms with Gasteiger partial charge in [-0.15, -0.1) is 11.8 Å². The smallest absolute Gasteiger partial charge is 0.285 e. The van der Waals surface area contributed by atoms with E-state index in [1.165, 1.54) is 24.9 Å². The fraction of sp³-hybridized carbons (Fsp3) is 0.533. The minimum absolute atomic E-state index is 0.112. The van der Waals surface area contributed by atoms with Crippen LogP contribution in [0, 0.1) is 10.1 Å². The molecule has 1 aromatic carbocycles. The van der Waals surface area contributed by atoms with Crippen molar-refractivity contribution in [2.75, 3.05) is 19.9 Å². The van der Waals surface area contributed by atoms with Crippen molar-refractivity contribution >= 4 is 23.4 Å². The van der Waals surface area contributed by atoms with Gasteiger partial charge in [0, 0.05) is 12.6 Å². The molecule has 6 nitrogen and oxygen atoms in total. The molecular formula is C15H20N2O4S. The van der Waals surface area contributed by atoms with Gasteiger partial charge in [0.05, 0.1) is 23.0 Å². The Kier molecular flexibility index (Phi) is 5.28. The summed E-state index contributed by atoms with van der Waals surface area (Å²) in [5.74, 6) is 0.152. The molecule has 0 unspecified atom stereocenters. The number of carbonyl (C=O) groups is 1. The van der Waals surface area contributed by atoms with E-state index in [-0.39, 0.29) is 23.2 Å². The number of ether oxygens (including phenoxy) is 1. The Labute approximate surface area is 134 Å². The van der Waals surface area contributed by atoms with Gasteiger partial charge in [-0.3, -0.25) is 14.9 Å². The van der Waals surface area contributed by atoms with E-state index in [0.717, 1.165) is 24.2 Å². The van der Waals surface area contributed by atoms with Gasteiger partial charge in [-0.2, -0.15) is 0 Å². The SMILES string of the molecule is COc1cc([N+](=O)[O-])c(C(=O)N2CCCC[C@H]2C)cc1SC. The first kappa shape index (κ1) is 16.6.